The van der Waals surface area contributed by atoms with Crippen LogP contribution in [0.5, 0.6) is 0 Å². The van der Waals surface area contributed by atoms with Gasteiger partial charge < -0.3 is 5.11 Å². The van der Waals surface area contributed by atoms with Gasteiger partial charge in [-0.05, 0) is 28.1 Å². The van der Waals surface area contributed by atoms with E-state index < -0.39 is 6.10 Å². The van der Waals surface area contributed by atoms with Crippen LogP contribution in [0.3, 0.4) is 0 Å². The maximum atomic E-state index is 9.11. The van der Waals surface area contributed by atoms with Crippen molar-refractivity contribution in [1.29, 1.82) is 0 Å². The Bertz CT molecular complexity index is 275. The van der Waals surface area contributed by atoms with E-state index in [1.807, 2.05) is 0 Å². The van der Waals surface area contributed by atoms with Gasteiger partial charge in [-0.15, -0.1) is 6.42 Å². The number of aliphatic hydroxyl groups excluding tert-OH is 1. The van der Waals surface area contributed by atoms with Crippen molar-refractivity contribution >= 4 is 15.9 Å². The van der Waals surface area contributed by atoms with Crippen molar-refractivity contribution in [2.45, 2.75) is 6.10 Å². The Morgan fingerprint density at radius 1 is 1.64 bits per heavy atom. The predicted octanol–water partition coefficient (Wildman–Crippen LogP) is 1.51. The lowest BCUT2D eigenvalue weighted by atomic mass is 10.2. The van der Waals surface area contributed by atoms with Crippen molar-refractivity contribution < 1.29 is 5.11 Å². The SMILES string of the molecule is C#CC(O)c1ccc(Br)cn1. The van der Waals surface area contributed by atoms with E-state index >= 15 is 0 Å². The molecule has 1 aromatic heterocycles. The molecule has 0 aliphatic carbocycles. The van der Waals surface area contributed by atoms with Gasteiger partial charge in [-0.25, -0.2) is 0 Å². The van der Waals surface area contributed by atoms with E-state index in [0.29, 0.717) is 5.69 Å². The fourth-order valence-corrected chi connectivity index (χ4v) is 0.869. The molecule has 1 N–H and O–H groups in total. The number of aliphatic hydroxyl groups is 1. The minimum Gasteiger partial charge on any atom is -0.374 e. The van der Waals surface area contributed by atoms with Gasteiger partial charge in [0.2, 0.25) is 0 Å². The molecule has 0 saturated carbocycles. The normalized spacial score (nSPS) is 12.1. The molecule has 1 heterocycles. The lowest BCUT2D eigenvalue weighted by Gasteiger charge is -2.00. The number of terminal acetylenes is 1. The molecule has 11 heavy (non-hydrogen) atoms. The largest absolute Gasteiger partial charge is 0.374 e. The summed E-state index contributed by atoms with van der Waals surface area (Å²) in [5.74, 6) is 2.18. The number of halogens is 1. The lowest BCUT2D eigenvalue weighted by molar-refractivity contribution is 0.233. The molecule has 0 aromatic carbocycles. The van der Waals surface area contributed by atoms with Crippen LogP contribution in [-0.2, 0) is 0 Å². The number of hydrogen-bond acceptors (Lipinski definition) is 2. The summed E-state index contributed by atoms with van der Waals surface area (Å²) in [4.78, 5) is 3.91. The van der Waals surface area contributed by atoms with E-state index in [1.54, 1.807) is 18.3 Å². The van der Waals surface area contributed by atoms with Crippen LogP contribution in [0.15, 0.2) is 22.8 Å². The number of rotatable bonds is 1. The highest BCUT2D eigenvalue weighted by molar-refractivity contribution is 9.10. The number of pyridine rings is 1. The molecule has 0 aliphatic rings. The summed E-state index contributed by atoms with van der Waals surface area (Å²) in [5, 5.41) is 9.11. The minimum absolute atomic E-state index is 0.496. The van der Waals surface area contributed by atoms with Crippen molar-refractivity contribution in [1.82, 2.24) is 4.98 Å². The van der Waals surface area contributed by atoms with Gasteiger partial charge in [0.05, 0.1) is 5.69 Å². The number of nitrogens with zero attached hydrogens (tertiary/aromatic N) is 1. The van der Waals surface area contributed by atoms with E-state index in [-0.39, 0.29) is 0 Å². The summed E-state index contributed by atoms with van der Waals surface area (Å²) in [6, 6.07) is 3.46. The van der Waals surface area contributed by atoms with Gasteiger partial charge in [0.15, 0.2) is 6.10 Å². The molecule has 0 bridgehead atoms. The van der Waals surface area contributed by atoms with Crippen molar-refractivity contribution in [2.75, 3.05) is 0 Å². The average Bonchev–Trinajstić information content (AvgIpc) is 2.05. The molecule has 0 radical (unpaired) electrons. The molecule has 2 nitrogen and oxygen atoms in total. The van der Waals surface area contributed by atoms with Crippen LogP contribution in [0.2, 0.25) is 0 Å². The summed E-state index contributed by atoms with van der Waals surface area (Å²) in [7, 11) is 0. The average molecular weight is 212 g/mol. The van der Waals surface area contributed by atoms with Crippen LogP contribution in [0.25, 0.3) is 0 Å². The molecule has 1 atom stereocenters. The first-order valence-electron chi connectivity index (χ1n) is 2.99. The molecule has 0 saturated heterocycles. The highest BCUT2D eigenvalue weighted by Crippen LogP contribution is 2.12. The third-order valence-corrected chi connectivity index (χ3v) is 1.66. The molecule has 0 aliphatic heterocycles. The van der Waals surface area contributed by atoms with Gasteiger partial charge in [0.25, 0.3) is 0 Å². The molecule has 3 heteroatoms. The Balaban J connectivity index is 2.92. The molecule has 0 fully saturated rings. The van der Waals surface area contributed by atoms with Crippen LogP contribution >= 0.6 is 15.9 Å². The summed E-state index contributed by atoms with van der Waals surface area (Å²) in [6.45, 7) is 0. The molecular weight excluding hydrogens is 206 g/mol. The first-order valence-corrected chi connectivity index (χ1v) is 3.79. The predicted molar refractivity (Wildman–Crippen MR) is 45.7 cm³/mol. The van der Waals surface area contributed by atoms with Crippen LogP contribution < -0.4 is 0 Å². The second-order valence-corrected chi connectivity index (χ2v) is 2.89. The third kappa shape index (κ3) is 2.04. The van der Waals surface area contributed by atoms with Gasteiger partial charge in [0.1, 0.15) is 0 Å². The van der Waals surface area contributed by atoms with Crippen LogP contribution in [0.4, 0.5) is 0 Å². The van der Waals surface area contributed by atoms with Crippen molar-refractivity contribution in [3.05, 3.63) is 28.5 Å². The van der Waals surface area contributed by atoms with Gasteiger partial charge in [0, 0.05) is 10.7 Å². The molecule has 0 spiro atoms. The Kier molecular flexibility index (Phi) is 2.64. The van der Waals surface area contributed by atoms with Crippen molar-refractivity contribution in [3.8, 4) is 12.3 Å². The zero-order chi connectivity index (χ0) is 8.27. The Morgan fingerprint density at radius 2 is 2.36 bits per heavy atom. The quantitative estimate of drug-likeness (QED) is 0.715. The first kappa shape index (κ1) is 8.25. The molecule has 1 unspecified atom stereocenters. The zero-order valence-corrected chi connectivity index (χ0v) is 7.25. The van der Waals surface area contributed by atoms with E-state index in [4.69, 9.17) is 11.5 Å². The highest BCUT2D eigenvalue weighted by atomic mass is 79.9. The fraction of sp³-hybridized carbons (Fsp3) is 0.125. The monoisotopic (exact) mass is 211 g/mol. The van der Waals surface area contributed by atoms with E-state index in [1.165, 1.54) is 0 Å². The fourth-order valence-electron chi connectivity index (χ4n) is 0.634. The van der Waals surface area contributed by atoms with Gasteiger partial charge in [-0.2, -0.15) is 0 Å². The smallest absolute Gasteiger partial charge is 0.156 e. The van der Waals surface area contributed by atoms with Crippen LogP contribution in [0, 0.1) is 12.3 Å². The Hall–Kier alpha value is -0.850. The highest BCUT2D eigenvalue weighted by Gasteiger charge is 2.02. The molecule has 1 aromatic rings. The Labute approximate surface area is 73.4 Å². The standard InChI is InChI=1S/C8H6BrNO/c1-2-8(11)7-4-3-6(9)5-10-7/h1,3-5,8,11H. The summed E-state index contributed by atoms with van der Waals surface area (Å²) in [6.07, 6.45) is 5.68. The van der Waals surface area contributed by atoms with Gasteiger partial charge >= 0.3 is 0 Å². The zero-order valence-electron chi connectivity index (χ0n) is 5.66. The van der Waals surface area contributed by atoms with E-state index in [0.717, 1.165) is 4.47 Å². The van der Waals surface area contributed by atoms with Gasteiger partial charge in [-0.1, -0.05) is 5.92 Å². The Morgan fingerprint density at radius 3 is 2.82 bits per heavy atom. The summed E-state index contributed by atoms with van der Waals surface area (Å²) >= 11 is 3.22. The molecule has 1 rings (SSSR count). The summed E-state index contributed by atoms with van der Waals surface area (Å²) in [5.41, 5.74) is 0.496. The second-order valence-electron chi connectivity index (χ2n) is 1.97. The van der Waals surface area contributed by atoms with Crippen molar-refractivity contribution in [3.63, 3.8) is 0 Å². The third-order valence-electron chi connectivity index (χ3n) is 1.19. The number of hydrogen-bond donors (Lipinski definition) is 1. The second kappa shape index (κ2) is 3.51. The summed E-state index contributed by atoms with van der Waals surface area (Å²) < 4.78 is 0.866. The van der Waals surface area contributed by atoms with E-state index in [2.05, 4.69) is 26.8 Å². The maximum Gasteiger partial charge on any atom is 0.156 e. The van der Waals surface area contributed by atoms with Crippen LogP contribution in [-0.4, -0.2) is 10.1 Å². The lowest BCUT2D eigenvalue weighted by Crippen LogP contribution is -1.95. The molecule has 56 valence electrons. The molecule has 0 amide bonds. The first-order chi connectivity index (χ1) is 5.24. The van der Waals surface area contributed by atoms with E-state index in [9.17, 15) is 0 Å². The van der Waals surface area contributed by atoms with Crippen molar-refractivity contribution in [2.24, 2.45) is 0 Å². The minimum atomic E-state index is -0.900. The van der Waals surface area contributed by atoms with Crippen LogP contribution in [0.1, 0.15) is 11.8 Å². The topological polar surface area (TPSA) is 33.1 Å². The maximum absolute atomic E-state index is 9.11. The molecular formula is C8H6BrNO. The number of aromatic nitrogens is 1. The van der Waals surface area contributed by atoms with Gasteiger partial charge in [-0.3, -0.25) is 4.98 Å².